The predicted octanol–water partition coefficient (Wildman–Crippen LogP) is 4.65. The van der Waals surface area contributed by atoms with Crippen molar-refractivity contribution in [3.05, 3.63) is 34.1 Å². The molecule has 96 valence electrons. The Hall–Kier alpha value is -0.410. The van der Waals surface area contributed by atoms with Crippen LogP contribution in [0.15, 0.2) is 22.7 Å². The fourth-order valence-electron chi connectivity index (χ4n) is 1.98. The van der Waals surface area contributed by atoms with Crippen LogP contribution >= 0.6 is 15.9 Å². The van der Waals surface area contributed by atoms with Crippen LogP contribution in [0.25, 0.3) is 0 Å². The van der Waals surface area contributed by atoms with Crippen LogP contribution in [0.3, 0.4) is 0 Å². The van der Waals surface area contributed by atoms with Crippen LogP contribution in [0.1, 0.15) is 45.1 Å². The highest BCUT2D eigenvalue weighted by Crippen LogP contribution is 2.18. The molecule has 3 heteroatoms. The number of nitrogens with one attached hydrogen (secondary N) is 1. The molecule has 0 aliphatic heterocycles. The SMILES string of the molecule is CCCC(CCC)NCc1cc(F)ccc1Br. The molecule has 0 atom stereocenters. The second-order valence-electron chi connectivity index (χ2n) is 4.39. The Morgan fingerprint density at radius 1 is 1.24 bits per heavy atom. The minimum Gasteiger partial charge on any atom is -0.310 e. The summed E-state index contributed by atoms with van der Waals surface area (Å²) in [6.07, 6.45) is 4.73. The third-order valence-electron chi connectivity index (χ3n) is 2.86. The Kier molecular flexibility index (Phi) is 6.75. The fourth-order valence-corrected chi connectivity index (χ4v) is 2.37. The van der Waals surface area contributed by atoms with Crippen molar-refractivity contribution in [3.63, 3.8) is 0 Å². The predicted molar refractivity (Wildman–Crippen MR) is 74.5 cm³/mol. The van der Waals surface area contributed by atoms with Gasteiger partial charge >= 0.3 is 0 Å². The Labute approximate surface area is 112 Å². The van der Waals surface area contributed by atoms with Gasteiger partial charge in [-0.15, -0.1) is 0 Å². The molecule has 0 saturated heterocycles. The molecule has 0 fully saturated rings. The Bertz CT molecular complexity index is 335. The van der Waals surface area contributed by atoms with Gasteiger partial charge in [0, 0.05) is 17.1 Å². The van der Waals surface area contributed by atoms with Crippen LogP contribution < -0.4 is 5.32 Å². The molecule has 1 N–H and O–H groups in total. The molecule has 17 heavy (non-hydrogen) atoms. The van der Waals surface area contributed by atoms with Gasteiger partial charge < -0.3 is 5.32 Å². The topological polar surface area (TPSA) is 12.0 Å². The van der Waals surface area contributed by atoms with Gasteiger partial charge in [0.25, 0.3) is 0 Å². The molecule has 0 aromatic heterocycles. The van der Waals surface area contributed by atoms with E-state index in [1.165, 1.54) is 31.7 Å². The lowest BCUT2D eigenvalue weighted by Crippen LogP contribution is -2.28. The van der Waals surface area contributed by atoms with Crippen molar-refractivity contribution in [3.8, 4) is 0 Å². The maximum absolute atomic E-state index is 13.1. The van der Waals surface area contributed by atoms with Gasteiger partial charge in [0.05, 0.1) is 0 Å². The summed E-state index contributed by atoms with van der Waals surface area (Å²) in [4.78, 5) is 0. The van der Waals surface area contributed by atoms with Crippen molar-refractivity contribution in [1.82, 2.24) is 5.32 Å². The zero-order valence-electron chi connectivity index (χ0n) is 10.6. The van der Waals surface area contributed by atoms with E-state index in [0.29, 0.717) is 6.04 Å². The van der Waals surface area contributed by atoms with Gasteiger partial charge in [-0.25, -0.2) is 4.39 Å². The average molecular weight is 302 g/mol. The van der Waals surface area contributed by atoms with Gasteiger partial charge in [-0.2, -0.15) is 0 Å². The van der Waals surface area contributed by atoms with E-state index in [9.17, 15) is 4.39 Å². The van der Waals surface area contributed by atoms with Crippen LogP contribution in [0, 0.1) is 5.82 Å². The molecule has 1 aromatic rings. The monoisotopic (exact) mass is 301 g/mol. The largest absolute Gasteiger partial charge is 0.310 e. The molecule has 0 bridgehead atoms. The highest BCUT2D eigenvalue weighted by molar-refractivity contribution is 9.10. The third kappa shape index (κ3) is 5.17. The first-order valence-corrected chi connectivity index (χ1v) is 7.14. The second-order valence-corrected chi connectivity index (χ2v) is 5.25. The molecule has 0 aliphatic rings. The van der Waals surface area contributed by atoms with Crippen LogP contribution in [0.2, 0.25) is 0 Å². The Morgan fingerprint density at radius 3 is 2.47 bits per heavy atom. The molecule has 0 spiro atoms. The van der Waals surface area contributed by atoms with Gasteiger partial charge in [-0.05, 0) is 36.6 Å². The number of rotatable bonds is 7. The maximum Gasteiger partial charge on any atom is 0.123 e. The molecule has 1 rings (SSSR count). The number of hydrogen-bond donors (Lipinski definition) is 1. The standard InChI is InChI=1S/C14H21BrFN/c1-3-5-13(6-4-2)17-10-11-9-12(16)7-8-14(11)15/h7-9,13,17H,3-6,10H2,1-2H3. The number of hydrogen-bond acceptors (Lipinski definition) is 1. The van der Waals surface area contributed by atoms with Crippen LogP contribution in [-0.2, 0) is 6.54 Å². The first-order chi connectivity index (χ1) is 8.17. The fraction of sp³-hybridized carbons (Fsp3) is 0.571. The number of halogens is 2. The average Bonchev–Trinajstić information content (AvgIpc) is 2.30. The van der Waals surface area contributed by atoms with Crippen LogP contribution in [0.5, 0.6) is 0 Å². The van der Waals surface area contributed by atoms with Gasteiger partial charge in [-0.1, -0.05) is 42.6 Å². The smallest absolute Gasteiger partial charge is 0.123 e. The molecule has 0 radical (unpaired) electrons. The van der Waals surface area contributed by atoms with Crippen molar-refractivity contribution in [2.24, 2.45) is 0 Å². The van der Waals surface area contributed by atoms with E-state index in [1.54, 1.807) is 12.1 Å². The van der Waals surface area contributed by atoms with Crippen molar-refractivity contribution < 1.29 is 4.39 Å². The minimum atomic E-state index is -0.174. The molecule has 0 saturated carbocycles. The Balaban J connectivity index is 2.55. The highest BCUT2D eigenvalue weighted by Gasteiger charge is 2.07. The van der Waals surface area contributed by atoms with Crippen LogP contribution in [0.4, 0.5) is 4.39 Å². The van der Waals surface area contributed by atoms with Gasteiger partial charge in [0.2, 0.25) is 0 Å². The summed E-state index contributed by atoms with van der Waals surface area (Å²) in [5, 5.41) is 3.51. The highest BCUT2D eigenvalue weighted by atomic mass is 79.9. The quantitative estimate of drug-likeness (QED) is 0.773. The molecular weight excluding hydrogens is 281 g/mol. The van der Waals surface area contributed by atoms with Gasteiger partial charge in [0.15, 0.2) is 0 Å². The first kappa shape index (κ1) is 14.7. The summed E-state index contributed by atoms with van der Waals surface area (Å²) in [5.74, 6) is -0.174. The van der Waals surface area contributed by atoms with E-state index < -0.39 is 0 Å². The zero-order valence-corrected chi connectivity index (χ0v) is 12.2. The summed E-state index contributed by atoms with van der Waals surface area (Å²) < 4.78 is 14.1. The van der Waals surface area contributed by atoms with E-state index in [4.69, 9.17) is 0 Å². The van der Waals surface area contributed by atoms with Gasteiger partial charge in [-0.3, -0.25) is 0 Å². The van der Waals surface area contributed by atoms with E-state index >= 15 is 0 Å². The molecule has 0 heterocycles. The zero-order chi connectivity index (χ0) is 12.7. The molecular formula is C14H21BrFN. The second kappa shape index (κ2) is 7.83. The molecule has 0 aliphatic carbocycles. The molecule has 1 aromatic carbocycles. The lowest BCUT2D eigenvalue weighted by atomic mass is 10.1. The van der Waals surface area contributed by atoms with Crippen LogP contribution in [-0.4, -0.2) is 6.04 Å². The normalized spacial score (nSPS) is 11.1. The van der Waals surface area contributed by atoms with E-state index in [1.807, 2.05) is 0 Å². The summed E-state index contributed by atoms with van der Waals surface area (Å²) >= 11 is 3.45. The molecule has 0 amide bonds. The Morgan fingerprint density at radius 2 is 1.88 bits per heavy atom. The lowest BCUT2D eigenvalue weighted by Gasteiger charge is -2.17. The van der Waals surface area contributed by atoms with Gasteiger partial charge in [0.1, 0.15) is 5.82 Å². The summed E-state index contributed by atoms with van der Waals surface area (Å²) in [7, 11) is 0. The van der Waals surface area contributed by atoms with E-state index in [-0.39, 0.29) is 5.82 Å². The summed E-state index contributed by atoms with van der Waals surface area (Å²) in [6.45, 7) is 5.12. The maximum atomic E-state index is 13.1. The van der Waals surface area contributed by atoms with E-state index in [0.717, 1.165) is 16.6 Å². The first-order valence-electron chi connectivity index (χ1n) is 6.34. The summed E-state index contributed by atoms with van der Waals surface area (Å²) in [5.41, 5.74) is 0.988. The lowest BCUT2D eigenvalue weighted by molar-refractivity contribution is 0.442. The van der Waals surface area contributed by atoms with E-state index in [2.05, 4.69) is 35.1 Å². The minimum absolute atomic E-state index is 0.174. The number of benzene rings is 1. The molecule has 0 unspecified atom stereocenters. The summed E-state index contributed by atoms with van der Waals surface area (Å²) in [6, 6.07) is 5.37. The third-order valence-corrected chi connectivity index (χ3v) is 3.64. The molecule has 1 nitrogen and oxygen atoms in total. The van der Waals surface area contributed by atoms with Crippen molar-refractivity contribution >= 4 is 15.9 Å². The van der Waals surface area contributed by atoms with Crippen molar-refractivity contribution in [2.75, 3.05) is 0 Å². The van der Waals surface area contributed by atoms with Crippen molar-refractivity contribution in [2.45, 2.75) is 52.1 Å². The van der Waals surface area contributed by atoms with Crippen molar-refractivity contribution in [1.29, 1.82) is 0 Å².